The lowest BCUT2D eigenvalue weighted by atomic mass is 10.0. The van der Waals surface area contributed by atoms with Gasteiger partial charge in [0.25, 0.3) is 5.91 Å². The Kier molecular flexibility index (Phi) is 6.70. The van der Waals surface area contributed by atoms with Gasteiger partial charge in [-0.25, -0.2) is 4.98 Å². The number of aryl methyl sites for hydroxylation is 1. The number of hydrogen-bond acceptors (Lipinski definition) is 8. The number of hydrogen-bond donors (Lipinski definition) is 5. The maximum Gasteiger partial charge on any atom is 0.471 e. The number of anilines is 3. The highest BCUT2D eigenvalue weighted by Crippen LogP contribution is 2.36. The average molecular weight is 480 g/mol. The number of rotatable bonds is 7. The molecule has 0 saturated heterocycles. The fourth-order valence-electron chi connectivity index (χ4n) is 3.11. The lowest BCUT2D eigenvalue weighted by Gasteiger charge is -2.20. The van der Waals surface area contributed by atoms with Crippen LogP contribution in [0, 0.1) is 0 Å². The highest BCUT2D eigenvalue weighted by Gasteiger charge is 2.39. The van der Waals surface area contributed by atoms with Crippen molar-refractivity contribution in [1.29, 1.82) is 0 Å². The smallest absolute Gasteiger partial charge is 0.471 e. The number of aromatic nitrogens is 3. The van der Waals surface area contributed by atoms with Gasteiger partial charge in [0.15, 0.2) is 11.6 Å². The summed E-state index contributed by atoms with van der Waals surface area (Å²) in [6.07, 6.45) is -2.66. The first-order valence-corrected chi connectivity index (χ1v) is 9.79. The molecule has 2 heterocycles. The zero-order valence-corrected chi connectivity index (χ0v) is 18.2. The number of aliphatic hydroxyl groups is 2. The lowest BCUT2D eigenvalue weighted by molar-refractivity contribution is -0.167. The van der Waals surface area contributed by atoms with E-state index in [9.17, 15) is 33.0 Å². The SMILES string of the molecule is BC(O)(O)NC(=O)c1cnc(NC(=O)C(F)(F)F)cc1Nc1ccc2cnn(CC)c2c1OC. The molecule has 5 N–H and O–H groups in total. The maximum atomic E-state index is 12.7. The maximum absolute atomic E-state index is 12.7. The van der Waals surface area contributed by atoms with Crippen LogP contribution >= 0.6 is 0 Å². The van der Waals surface area contributed by atoms with Gasteiger partial charge in [0.05, 0.1) is 30.2 Å². The average Bonchev–Trinajstić information content (AvgIpc) is 3.15. The van der Waals surface area contributed by atoms with Gasteiger partial charge in [-0.3, -0.25) is 14.3 Å². The normalized spacial score (nSPS) is 11.9. The third-order valence-electron chi connectivity index (χ3n) is 4.53. The second-order valence-electron chi connectivity index (χ2n) is 7.21. The highest BCUT2D eigenvalue weighted by molar-refractivity contribution is 6.15. The first-order chi connectivity index (χ1) is 15.8. The van der Waals surface area contributed by atoms with Crippen LogP contribution in [0.15, 0.2) is 30.6 Å². The number of nitrogens with zero attached hydrogens (tertiary/aromatic N) is 3. The van der Waals surface area contributed by atoms with Crippen LogP contribution in [0.4, 0.5) is 30.4 Å². The zero-order valence-electron chi connectivity index (χ0n) is 18.2. The molecule has 0 fully saturated rings. The largest absolute Gasteiger partial charge is 0.492 e. The summed E-state index contributed by atoms with van der Waals surface area (Å²) in [6.45, 7) is 2.39. The Morgan fingerprint density at radius 1 is 1.21 bits per heavy atom. The summed E-state index contributed by atoms with van der Waals surface area (Å²) in [5.41, 5.74) is 0.577. The lowest BCUT2D eigenvalue weighted by Crippen LogP contribution is -2.49. The molecule has 2 aromatic heterocycles. The number of nitrogens with one attached hydrogen (secondary N) is 3. The summed E-state index contributed by atoms with van der Waals surface area (Å²) < 4.78 is 45.2. The van der Waals surface area contributed by atoms with Crippen LogP contribution in [0.2, 0.25) is 0 Å². The van der Waals surface area contributed by atoms with Gasteiger partial charge in [0.2, 0.25) is 7.85 Å². The van der Waals surface area contributed by atoms with Crippen molar-refractivity contribution in [2.24, 2.45) is 0 Å². The van der Waals surface area contributed by atoms with Gasteiger partial charge in [-0.15, -0.1) is 0 Å². The van der Waals surface area contributed by atoms with Crippen molar-refractivity contribution >= 4 is 47.8 Å². The molecule has 0 spiro atoms. The van der Waals surface area contributed by atoms with E-state index in [2.05, 4.69) is 15.4 Å². The number of alkyl halides is 3. The molecule has 0 saturated carbocycles. The first kappa shape index (κ1) is 24.8. The minimum atomic E-state index is -5.16. The molecule has 180 valence electrons. The van der Waals surface area contributed by atoms with Gasteiger partial charge >= 0.3 is 12.1 Å². The van der Waals surface area contributed by atoms with Crippen molar-refractivity contribution in [1.82, 2.24) is 20.1 Å². The molecule has 0 radical (unpaired) electrons. The number of benzene rings is 1. The minimum Gasteiger partial charge on any atom is -0.492 e. The quantitative estimate of drug-likeness (QED) is 0.245. The van der Waals surface area contributed by atoms with E-state index >= 15 is 0 Å². The summed E-state index contributed by atoms with van der Waals surface area (Å²) >= 11 is 0. The molecule has 0 aliphatic heterocycles. The van der Waals surface area contributed by atoms with Crippen LogP contribution in [-0.4, -0.2) is 63.7 Å². The third-order valence-corrected chi connectivity index (χ3v) is 4.53. The van der Waals surface area contributed by atoms with Gasteiger partial charge < -0.3 is 30.9 Å². The van der Waals surface area contributed by atoms with Crippen LogP contribution in [0.25, 0.3) is 10.9 Å². The molecule has 3 rings (SSSR count). The standard InChI is InChI=1S/C19H20BF3N6O5/c1-3-29-14-9(7-25-29)4-5-11(15(14)34-2)26-12-6-13(27-17(31)18(21,22)23)24-8-10(12)16(30)28-19(20,32)33/h4-8,32-33H,3,20H2,1-2H3,(H,28,30)(H2,24,26,27,31). The summed E-state index contributed by atoms with van der Waals surface area (Å²) in [7, 11) is 2.30. The predicted molar refractivity (Wildman–Crippen MR) is 117 cm³/mol. The minimum absolute atomic E-state index is 0.102. The summed E-state index contributed by atoms with van der Waals surface area (Å²) in [4.78, 5) is 27.5. The molecular formula is C19H20BF3N6O5. The monoisotopic (exact) mass is 480 g/mol. The molecule has 34 heavy (non-hydrogen) atoms. The Bertz CT molecular complexity index is 1240. The van der Waals surface area contributed by atoms with E-state index in [0.29, 0.717) is 23.5 Å². The van der Waals surface area contributed by atoms with Crippen LogP contribution in [-0.2, 0) is 11.3 Å². The highest BCUT2D eigenvalue weighted by atomic mass is 19.4. The Hall–Kier alpha value is -3.85. The van der Waals surface area contributed by atoms with Crippen LogP contribution in [0.5, 0.6) is 5.75 Å². The van der Waals surface area contributed by atoms with Crippen molar-refractivity contribution in [3.05, 3.63) is 36.2 Å². The molecule has 0 unspecified atom stereocenters. The van der Waals surface area contributed by atoms with Crippen molar-refractivity contribution in [3.63, 3.8) is 0 Å². The molecule has 15 heteroatoms. The number of halogens is 3. The molecular weight excluding hydrogens is 460 g/mol. The number of carbonyl (C=O) groups excluding carboxylic acids is 2. The van der Waals surface area contributed by atoms with E-state index < -0.39 is 29.6 Å². The molecule has 1 aromatic carbocycles. The topological polar surface area (TPSA) is 151 Å². The molecule has 0 aliphatic carbocycles. The van der Waals surface area contributed by atoms with Crippen LogP contribution < -0.4 is 20.7 Å². The van der Waals surface area contributed by atoms with Gasteiger partial charge in [-0.2, -0.15) is 18.3 Å². The zero-order chi connectivity index (χ0) is 25.3. The van der Waals surface area contributed by atoms with Gasteiger partial charge in [-0.1, -0.05) is 0 Å². The second-order valence-corrected chi connectivity index (χ2v) is 7.21. The van der Waals surface area contributed by atoms with Gasteiger partial charge in [-0.05, 0) is 19.1 Å². The summed E-state index contributed by atoms with van der Waals surface area (Å²) in [6, 6.07) is 4.30. The Morgan fingerprint density at radius 3 is 2.50 bits per heavy atom. The van der Waals surface area contributed by atoms with E-state index in [1.54, 1.807) is 28.3 Å². The predicted octanol–water partition coefficient (Wildman–Crippen LogP) is 0.663. The molecule has 0 bridgehead atoms. The van der Waals surface area contributed by atoms with Gasteiger partial charge in [0.1, 0.15) is 11.3 Å². The molecule has 11 nitrogen and oxygen atoms in total. The van der Waals surface area contributed by atoms with E-state index in [-0.39, 0.29) is 11.3 Å². The fraction of sp³-hybridized carbons (Fsp3) is 0.263. The molecule has 3 aromatic rings. The van der Waals surface area contributed by atoms with E-state index in [4.69, 9.17) is 4.74 Å². The summed E-state index contributed by atoms with van der Waals surface area (Å²) in [5.74, 6) is -6.02. The number of amides is 2. The van der Waals surface area contributed by atoms with E-state index in [1.165, 1.54) is 7.11 Å². The van der Waals surface area contributed by atoms with Crippen molar-refractivity contribution in [2.45, 2.75) is 25.5 Å². The Morgan fingerprint density at radius 2 is 1.91 bits per heavy atom. The van der Waals surface area contributed by atoms with E-state index in [0.717, 1.165) is 25.5 Å². The second kappa shape index (κ2) is 9.19. The van der Waals surface area contributed by atoms with Crippen LogP contribution in [0.3, 0.4) is 0 Å². The fourth-order valence-corrected chi connectivity index (χ4v) is 3.11. The van der Waals surface area contributed by atoms with Crippen molar-refractivity contribution in [2.75, 3.05) is 17.7 Å². The third kappa shape index (κ3) is 5.37. The Balaban J connectivity index is 2.09. The molecule has 0 atom stereocenters. The number of carbonyl (C=O) groups is 2. The number of methoxy groups -OCH3 is 1. The van der Waals surface area contributed by atoms with Crippen molar-refractivity contribution in [3.8, 4) is 5.75 Å². The molecule has 2 amide bonds. The first-order valence-electron chi connectivity index (χ1n) is 9.79. The van der Waals surface area contributed by atoms with Gasteiger partial charge in [0, 0.05) is 24.2 Å². The number of pyridine rings is 1. The number of ether oxygens (including phenoxy) is 1. The van der Waals surface area contributed by atoms with E-state index in [1.807, 2.05) is 12.2 Å². The molecule has 0 aliphatic rings. The van der Waals surface area contributed by atoms with Crippen molar-refractivity contribution < 1.29 is 37.7 Å². The van der Waals surface area contributed by atoms with Crippen LogP contribution in [0.1, 0.15) is 17.3 Å². The number of fused-ring (bicyclic) bond motifs is 1. The Labute approximate surface area is 191 Å². The summed E-state index contributed by atoms with van der Waals surface area (Å²) in [5, 5.41) is 30.4.